The molecule has 0 aliphatic heterocycles. The third-order valence-electron chi connectivity index (χ3n) is 4.35. The fraction of sp³-hybridized carbons (Fsp3) is 0.190. The van der Waals surface area contributed by atoms with E-state index in [1.165, 1.54) is 7.11 Å². The van der Waals surface area contributed by atoms with Gasteiger partial charge in [-0.3, -0.25) is 0 Å². The molecule has 0 radical (unpaired) electrons. The third-order valence-corrected chi connectivity index (χ3v) is 4.35. The topological polar surface area (TPSA) is 96.1 Å². The van der Waals surface area contributed by atoms with Crippen LogP contribution in [0.3, 0.4) is 0 Å². The van der Waals surface area contributed by atoms with Crippen LogP contribution in [-0.4, -0.2) is 38.5 Å². The molecule has 1 heterocycles. The van der Waals surface area contributed by atoms with E-state index < -0.39 is 0 Å². The van der Waals surface area contributed by atoms with Gasteiger partial charge < -0.3 is 29.8 Å². The molecule has 0 fully saturated rings. The predicted molar refractivity (Wildman–Crippen MR) is 107 cm³/mol. The number of benzene rings is 2. The number of ether oxygens (including phenoxy) is 4. The van der Waals surface area contributed by atoms with Crippen molar-refractivity contribution in [3.8, 4) is 51.1 Å². The number of anilines is 1. The lowest BCUT2D eigenvalue weighted by molar-refractivity contribution is 0.324. The molecular weight excluding hydrogens is 360 g/mol. The van der Waals surface area contributed by atoms with Crippen molar-refractivity contribution in [2.45, 2.75) is 0 Å². The van der Waals surface area contributed by atoms with Gasteiger partial charge in [-0.25, -0.2) is 4.98 Å². The van der Waals surface area contributed by atoms with E-state index in [0.717, 1.165) is 16.7 Å². The van der Waals surface area contributed by atoms with Crippen LogP contribution in [0.5, 0.6) is 28.7 Å². The van der Waals surface area contributed by atoms with Gasteiger partial charge in [0.05, 0.1) is 34.1 Å². The average Bonchev–Trinajstić information content (AvgIpc) is 2.73. The lowest BCUT2D eigenvalue weighted by Gasteiger charge is -2.16. The predicted octanol–water partition coefficient (Wildman–Crippen LogP) is 3.74. The zero-order chi connectivity index (χ0) is 20.3. The quantitative estimate of drug-likeness (QED) is 0.670. The number of phenols is 1. The molecule has 0 bridgehead atoms. The number of phenolic OH excluding ortho intramolecular Hbond substituents is 1. The van der Waals surface area contributed by atoms with E-state index in [1.807, 2.05) is 18.2 Å². The first kappa shape index (κ1) is 19.2. The number of pyridine rings is 1. The van der Waals surface area contributed by atoms with E-state index in [-0.39, 0.29) is 5.75 Å². The van der Waals surface area contributed by atoms with Crippen molar-refractivity contribution in [1.29, 1.82) is 0 Å². The summed E-state index contributed by atoms with van der Waals surface area (Å²) >= 11 is 0. The fourth-order valence-corrected chi connectivity index (χ4v) is 2.99. The highest BCUT2D eigenvalue weighted by Gasteiger charge is 2.18. The Morgan fingerprint density at radius 2 is 1.36 bits per heavy atom. The average molecular weight is 382 g/mol. The van der Waals surface area contributed by atoms with Crippen molar-refractivity contribution in [3.05, 3.63) is 42.5 Å². The van der Waals surface area contributed by atoms with Gasteiger partial charge in [0.25, 0.3) is 0 Å². The Labute approximate surface area is 163 Å². The van der Waals surface area contributed by atoms with Gasteiger partial charge in [0.1, 0.15) is 5.82 Å². The molecule has 0 saturated carbocycles. The molecule has 0 unspecified atom stereocenters. The minimum absolute atomic E-state index is 0.0593. The molecule has 1 aromatic heterocycles. The van der Waals surface area contributed by atoms with Crippen molar-refractivity contribution in [3.63, 3.8) is 0 Å². The monoisotopic (exact) mass is 382 g/mol. The fourth-order valence-electron chi connectivity index (χ4n) is 2.99. The molecule has 0 spiro atoms. The third kappa shape index (κ3) is 3.46. The van der Waals surface area contributed by atoms with Crippen molar-refractivity contribution in [1.82, 2.24) is 4.98 Å². The minimum Gasteiger partial charge on any atom is -0.504 e. The highest BCUT2D eigenvalue weighted by atomic mass is 16.5. The maximum absolute atomic E-state index is 9.90. The number of nitrogens with two attached hydrogens (primary N) is 1. The molecular formula is C21H22N2O5. The van der Waals surface area contributed by atoms with Gasteiger partial charge in [-0.1, -0.05) is 6.07 Å². The first-order chi connectivity index (χ1) is 13.5. The van der Waals surface area contributed by atoms with Crippen LogP contribution in [0.1, 0.15) is 0 Å². The van der Waals surface area contributed by atoms with Gasteiger partial charge in [0, 0.05) is 11.1 Å². The van der Waals surface area contributed by atoms with E-state index >= 15 is 0 Å². The van der Waals surface area contributed by atoms with Crippen LogP contribution in [-0.2, 0) is 0 Å². The summed E-state index contributed by atoms with van der Waals surface area (Å²) in [7, 11) is 6.16. The van der Waals surface area contributed by atoms with Crippen LogP contribution in [0.2, 0.25) is 0 Å². The summed E-state index contributed by atoms with van der Waals surface area (Å²) < 4.78 is 21.5. The van der Waals surface area contributed by atoms with E-state index in [9.17, 15) is 5.11 Å². The van der Waals surface area contributed by atoms with Gasteiger partial charge in [-0.2, -0.15) is 0 Å². The minimum atomic E-state index is 0.0593. The summed E-state index contributed by atoms with van der Waals surface area (Å²) in [6.07, 6.45) is 0. The Balaban J connectivity index is 2.25. The van der Waals surface area contributed by atoms with Gasteiger partial charge in [-0.05, 0) is 42.0 Å². The van der Waals surface area contributed by atoms with Crippen LogP contribution in [0.4, 0.5) is 5.82 Å². The second kappa shape index (κ2) is 7.96. The highest BCUT2D eigenvalue weighted by Crippen LogP contribution is 2.43. The SMILES string of the molecule is COc1cc(-c2ccc(N)nc2-c2cc(OC)c(OC)c(OC)c2)ccc1O. The number of methoxy groups -OCH3 is 4. The largest absolute Gasteiger partial charge is 0.504 e. The maximum Gasteiger partial charge on any atom is 0.203 e. The summed E-state index contributed by atoms with van der Waals surface area (Å²) in [5.41, 5.74) is 8.95. The molecule has 3 aromatic rings. The van der Waals surface area contributed by atoms with Crippen LogP contribution >= 0.6 is 0 Å². The Bertz CT molecular complexity index is 979. The zero-order valence-corrected chi connectivity index (χ0v) is 16.1. The smallest absolute Gasteiger partial charge is 0.203 e. The van der Waals surface area contributed by atoms with Gasteiger partial charge in [-0.15, -0.1) is 0 Å². The first-order valence-corrected chi connectivity index (χ1v) is 8.46. The highest BCUT2D eigenvalue weighted by molar-refractivity contribution is 5.84. The molecule has 0 saturated heterocycles. The number of nitrogen functional groups attached to an aromatic ring is 1. The van der Waals surface area contributed by atoms with Crippen molar-refractivity contribution >= 4 is 5.82 Å². The summed E-state index contributed by atoms with van der Waals surface area (Å²) in [4.78, 5) is 4.53. The number of nitrogens with zero attached hydrogens (tertiary/aromatic N) is 1. The number of aromatic nitrogens is 1. The lowest BCUT2D eigenvalue weighted by Crippen LogP contribution is -1.99. The summed E-state index contributed by atoms with van der Waals surface area (Å²) in [6.45, 7) is 0. The van der Waals surface area contributed by atoms with Crippen molar-refractivity contribution in [2.75, 3.05) is 34.2 Å². The normalized spacial score (nSPS) is 10.4. The molecule has 3 rings (SSSR count). The number of aromatic hydroxyl groups is 1. The number of hydrogen-bond acceptors (Lipinski definition) is 7. The maximum atomic E-state index is 9.90. The summed E-state index contributed by atoms with van der Waals surface area (Å²) in [5, 5.41) is 9.90. The first-order valence-electron chi connectivity index (χ1n) is 8.46. The molecule has 0 aliphatic rings. The molecule has 7 heteroatoms. The standard InChI is InChI=1S/C21H22N2O5/c1-25-16-9-12(5-7-15(16)24)14-6-8-19(22)23-20(14)13-10-17(26-2)21(28-4)18(11-13)27-3/h5-11,24H,1-4H3,(H2,22,23). The van der Waals surface area contributed by atoms with Gasteiger partial charge in [0.15, 0.2) is 23.0 Å². The van der Waals surface area contributed by atoms with E-state index in [0.29, 0.717) is 34.5 Å². The molecule has 7 nitrogen and oxygen atoms in total. The molecule has 2 aromatic carbocycles. The Morgan fingerprint density at radius 3 is 1.93 bits per heavy atom. The Kier molecular flexibility index (Phi) is 5.44. The summed E-state index contributed by atoms with van der Waals surface area (Å²) in [6, 6.07) is 12.3. The van der Waals surface area contributed by atoms with Crippen LogP contribution in [0.25, 0.3) is 22.4 Å². The van der Waals surface area contributed by atoms with Crippen molar-refractivity contribution in [2.24, 2.45) is 0 Å². The second-order valence-electron chi connectivity index (χ2n) is 5.93. The Morgan fingerprint density at radius 1 is 0.750 bits per heavy atom. The lowest BCUT2D eigenvalue weighted by atomic mass is 9.98. The van der Waals surface area contributed by atoms with Crippen LogP contribution in [0.15, 0.2) is 42.5 Å². The molecule has 3 N–H and O–H groups in total. The molecule has 0 atom stereocenters. The van der Waals surface area contributed by atoms with Gasteiger partial charge in [0.2, 0.25) is 5.75 Å². The van der Waals surface area contributed by atoms with E-state index in [2.05, 4.69) is 4.98 Å². The Hall–Kier alpha value is -3.61. The zero-order valence-electron chi connectivity index (χ0n) is 16.1. The number of rotatable bonds is 6. The second-order valence-corrected chi connectivity index (χ2v) is 5.93. The van der Waals surface area contributed by atoms with E-state index in [1.54, 1.807) is 45.6 Å². The van der Waals surface area contributed by atoms with E-state index in [4.69, 9.17) is 24.7 Å². The molecule has 0 amide bonds. The summed E-state index contributed by atoms with van der Waals surface area (Å²) in [5.74, 6) is 2.31. The molecule has 146 valence electrons. The van der Waals surface area contributed by atoms with Crippen molar-refractivity contribution < 1.29 is 24.1 Å². The van der Waals surface area contributed by atoms with Crippen LogP contribution < -0.4 is 24.7 Å². The number of hydrogen-bond donors (Lipinski definition) is 2. The van der Waals surface area contributed by atoms with Crippen LogP contribution in [0, 0.1) is 0 Å². The molecule has 28 heavy (non-hydrogen) atoms. The van der Waals surface area contributed by atoms with Gasteiger partial charge >= 0.3 is 0 Å². The molecule has 0 aliphatic carbocycles.